The van der Waals surface area contributed by atoms with E-state index in [1.807, 2.05) is 146 Å². The van der Waals surface area contributed by atoms with E-state index in [0.717, 1.165) is 45.5 Å². The van der Waals surface area contributed by atoms with Crippen molar-refractivity contribution in [2.75, 3.05) is 18.7 Å². The second-order valence-corrected chi connectivity index (χ2v) is 16.2. The van der Waals surface area contributed by atoms with E-state index in [1.54, 1.807) is 0 Å². The Hall–Kier alpha value is -6.65. The quantitative estimate of drug-likeness (QED) is 0.127. The van der Waals surface area contributed by atoms with Crippen molar-refractivity contribution in [2.24, 2.45) is 0 Å². The number of para-hydroxylation sites is 8. The van der Waals surface area contributed by atoms with E-state index in [4.69, 9.17) is 0 Å². The third-order valence-electron chi connectivity index (χ3n) is 9.44. The summed E-state index contributed by atoms with van der Waals surface area (Å²) in [7, 11) is -5.48. The standard InChI is InChI=1S/C48H41N4OP/c53-54(49(41-25-9-1-10-26-41)42-27-11-2-12-28-42,50(43-29-13-3-14-30-43)44-31-15-4-16-32-44,51(45-33-17-5-18-34-45)46-35-19-6-20-36-46)52(47-37-21-7-22-38-47)48-39-23-8-24-40-48/h1-40,53H. The molecule has 0 amide bonds. The van der Waals surface area contributed by atoms with Gasteiger partial charge in [0.05, 0.1) is 0 Å². The van der Waals surface area contributed by atoms with Crippen LogP contribution in [-0.4, -0.2) is 4.89 Å². The fourth-order valence-corrected chi connectivity index (χ4v) is 12.8. The SMILES string of the molecule is OP(N(c1ccccc1)c1ccccc1)(N(c1ccccc1)c1ccccc1)(N(c1ccccc1)c1ccccc1)N(c1ccccc1)c1ccccc1. The summed E-state index contributed by atoms with van der Waals surface area (Å²) in [5.41, 5.74) is 6.40. The summed E-state index contributed by atoms with van der Waals surface area (Å²) in [6.07, 6.45) is 0. The van der Waals surface area contributed by atoms with Crippen LogP contribution in [0.3, 0.4) is 0 Å². The first-order chi connectivity index (χ1) is 26.7. The molecule has 0 aliphatic carbocycles. The molecule has 5 nitrogen and oxygen atoms in total. The van der Waals surface area contributed by atoms with Crippen LogP contribution in [0.4, 0.5) is 45.5 Å². The molecule has 1 N–H and O–H groups in total. The van der Waals surface area contributed by atoms with Crippen molar-refractivity contribution in [1.29, 1.82) is 0 Å². The molecule has 0 bridgehead atoms. The van der Waals surface area contributed by atoms with Gasteiger partial charge in [-0.15, -0.1) is 0 Å². The molecule has 0 unspecified atom stereocenters. The summed E-state index contributed by atoms with van der Waals surface area (Å²) in [5.74, 6) is 0. The van der Waals surface area contributed by atoms with E-state index < -0.39 is 7.43 Å². The summed E-state index contributed by atoms with van der Waals surface area (Å²) in [5, 5.41) is 0. The van der Waals surface area contributed by atoms with Crippen molar-refractivity contribution >= 4 is 52.9 Å². The normalized spacial score (nSPS) is 11.8. The summed E-state index contributed by atoms with van der Waals surface area (Å²) >= 11 is 0. The van der Waals surface area contributed by atoms with Crippen molar-refractivity contribution in [3.8, 4) is 0 Å². The average Bonchev–Trinajstić information content (AvgIpc) is 3.24. The Balaban J connectivity index is 1.71. The number of nitrogens with zero attached hydrogens (tertiary/aromatic N) is 4. The Labute approximate surface area is 318 Å². The maximum atomic E-state index is 16.3. The summed E-state index contributed by atoms with van der Waals surface area (Å²) in [6, 6.07) is 82.0. The van der Waals surface area contributed by atoms with E-state index in [1.165, 1.54) is 0 Å². The molecule has 0 saturated heterocycles. The Morgan fingerprint density at radius 3 is 0.426 bits per heavy atom. The van der Waals surface area contributed by atoms with Gasteiger partial charge in [-0.3, -0.25) is 0 Å². The molecule has 0 radical (unpaired) electrons. The number of anilines is 8. The predicted molar refractivity (Wildman–Crippen MR) is 229 cm³/mol. The molecule has 0 aliphatic rings. The zero-order chi connectivity index (χ0) is 36.7. The molecular formula is C48H41N4OP. The maximum absolute atomic E-state index is 16.3. The van der Waals surface area contributed by atoms with Crippen molar-refractivity contribution in [2.45, 2.75) is 0 Å². The minimum absolute atomic E-state index is 0.800. The van der Waals surface area contributed by atoms with Crippen LogP contribution in [0.2, 0.25) is 0 Å². The molecule has 0 heterocycles. The minimum atomic E-state index is -5.48. The number of rotatable bonds is 12. The van der Waals surface area contributed by atoms with Gasteiger partial charge in [-0.25, -0.2) is 0 Å². The van der Waals surface area contributed by atoms with Gasteiger partial charge in [-0.2, -0.15) is 0 Å². The molecule has 0 spiro atoms. The first-order valence-electron chi connectivity index (χ1n) is 18.1. The van der Waals surface area contributed by atoms with E-state index in [2.05, 4.69) is 116 Å². The summed E-state index contributed by atoms with van der Waals surface area (Å²) < 4.78 is 8.74. The number of hydrogen-bond acceptors (Lipinski definition) is 5. The average molecular weight is 721 g/mol. The van der Waals surface area contributed by atoms with E-state index >= 15 is 4.89 Å². The van der Waals surface area contributed by atoms with Crippen LogP contribution < -0.4 is 18.7 Å². The molecule has 54 heavy (non-hydrogen) atoms. The summed E-state index contributed by atoms with van der Waals surface area (Å²) in [4.78, 5) is 16.3. The van der Waals surface area contributed by atoms with Crippen LogP contribution in [0.25, 0.3) is 0 Å². The summed E-state index contributed by atoms with van der Waals surface area (Å²) in [6.45, 7) is 0. The zero-order valence-electron chi connectivity index (χ0n) is 29.8. The molecular weight excluding hydrogens is 680 g/mol. The van der Waals surface area contributed by atoms with Crippen molar-refractivity contribution in [3.63, 3.8) is 0 Å². The van der Waals surface area contributed by atoms with Gasteiger partial charge in [0.1, 0.15) is 0 Å². The number of hydrogen-bond donors (Lipinski definition) is 1. The Morgan fingerprint density at radius 2 is 0.315 bits per heavy atom. The van der Waals surface area contributed by atoms with Crippen LogP contribution in [0, 0.1) is 0 Å². The van der Waals surface area contributed by atoms with E-state index in [0.29, 0.717) is 0 Å². The first-order valence-corrected chi connectivity index (χ1v) is 20.1. The van der Waals surface area contributed by atoms with Gasteiger partial charge in [0, 0.05) is 0 Å². The van der Waals surface area contributed by atoms with Gasteiger partial charge in [0.25, 0.3) is 0 Å². The molecule has 0 atom stereocenters. The van der Waals surface area contributed by atoms with Crippen LogP contribution in [0.1, 0.15) is 0 Å². The third-order valence-corrected chi connectivity index (χ3v) is 14.1. The molecule has 8 aromatic rings. The van der Waals surface area contributed by atoms with Crippen molar-refractivity contribution < 1.29 is 4.89 Å². The van der Waals surface area contributed by atoms with Gasteiger partial charge < -0.3 is 0 Å². The topological polar surface area (TPSA) is 33.2 Å². The van der Waals surface area contributed by atoms with Crippen LogP contribution >= 0.6 is 7.43 Å². The van der Waals surface area contributed by atoms with Crippen molar-refractivity contribution in [1.82, 2.24) is 0 Å². The van der Waals surface area contributed by atoms with Gasteiger partial charge in [0.2, 0.25) is 0 Å². The second-order valence-electron chi connectivity index (χ2n) is 12.8. The molecule has 0 saturated carbocycles. The molecule has 8 rings (SSSR count). The van der Waals surface area contributed by atoms with Crippen LogP contribution in [0.15, 0.2) is 243 Å². The molecule has 8 aromatic carbocycles. The molecule has 0 aromatic heterocycles. The first kappa shape index (κ1) is 34.4. The fraction of sp³-hybridized carbons (Fsp3) is 0. The predicted octanol–water partition coefficient (Wildman–Crippen LogP) is 13.5. The fourth-order valence-electron chi connectivity index (χ4n) is 7.34. The second kappa shape index (κ2) is 15.1. The molecule has 0 fully saturated rings. The monoisotopic (exact) mass is 720 g/mol. The van der Waals surface area contributed by atoms with E-state index in [-0.39, 0.29) is 0 Å². The van der Waals surface area contributed by atoms with E-state index in [9.17, 15) is 0 Å². The van der Waals surface area contributed by atoms with Gasteiger partial charge in [-0.05, 0) is 0 Å². The third kappa shape index (κ3) is 6.06. The van der Waals surface area contributed by atoms with Crippen molar-refractivity contribution in [3.05, 3.63) is 243 Å². The Kier molecular flexibility index (Phi) is 9.65. The zero-order valence-corrected chi connectivity index (χ0v) is 30.7. The number of benzene rings is 8. The van der Waals surface area contributed by atoms with Gasteiger partial charge >= 0.3 is 319 Å². The molecule has 0 aliphatic heterocycles. The van der Waals surface area contributed by atoms with Gasteiger partial charge in [-0.1, -0.05) is 0 Å². The van der Waals surface area contributed by atoms with Gasteiger partial charge in [0.15, 0.2) is 0 Å². The Morgan fingerprint density at radius 1 is 0.204 bits per heavy atom. The van der Waals surface area contributed by atoms with Crippen LogP contribution in [0.5, 0.6) is 0 Å². The van der Waals surface area contributed by atoms with Crippen LogP contribution in [-0.2, 0) is 0 Å². The molecule has 6 heteroatoms. The Bertz CT molecular complexity index is 1850. The molecule has 264 valence electrons.